The fourth-order valence-corrected chi connectivity index (χ4v) is 5.81. The number of nitrogens with one attached hydrogen (secondary N) is 1. The van der Waals surface area contributed by atoms with Crippen molar-refractivity contribution in [3.05, 3.63) is 28.2 Å². The number of halogens is 2. The molecule has 0 bridgehead atoms. The Hall–Kier alpha value is -0.290. The summed E-state index contributed by atoms with van der Waals surface area (Å²) in [5.74, 6) is 0.0648. The van der Waals surface area contributed by atoms with Crippen molar-refractivity contribution in [2.75, 3.05) is 6.54 Å². The zero-order valence-corrected chi connectivity index (χ0v) is 13.9. The van der Waals surface area contributed by atoms with Crippen molar-refractivity contribution in [2.45, 2.75) is 42.9 Å². The van der Waals surface area contributed by atoms with E-state index < -0.39 is 15.1 Å². The van der Waals surface area contributed by atoms with Crippen LogP contribution in [0.3, 0.4) is 0 Å². The first-order chi connectivity index (χ1) is 9.37. The van der Waals surface area contributed by atoms with Gasteiger partial charge in [0.2, 0.25) is 0 Å². The van der Waals surface area contributed by atoms with Crippen LogP contribution in [-0.4, -0.2) is 26.3 Å². The summed E-state index contributed by atoms with van der Waals surface area (Å²) < 4.78 is 25.6. The third-order valence-electron chi connectivity index (χ3n) is 4.05. The quantitative estimate of drug-likeness (QED) is 0.915. The van der Waals surface area contributed by atoms with Gasteiger partial charge in [0.1, 0.15) is 0 Å². The third kappa shape index (κ3) is 2.98. The molecule has 20 heavy (non-hydrogen) atoms. The molecule has 1 aliphatic carbocycles. The van der Waals surface area contributed by atoms with Crippen molar-refractivity contribution < 1.29 is 8.42 Å². The van der Waals surface area contributed by atoms with Crippen LogP contribution in [0.15, 0.2) is 23.1 Å². The zero-order chi connectivity index (χ0) is 14.9. The molecular formula is C14H19Cl2NO2S. The molecule has 1 aromatic carbocycles. The summed E-state index contributed by atoms with van der Waals surface area (Å²) in [6.45, 7) is 4.86. The first-order valence-electron chi connectivity index (χ1n) is 6.80. The normalized spacial score (nSPS) is 26.9. The van der Waals surface area contributed by atoms with Crippen LogP contribution in [0.2, 0.25) is 10.0 Å². The van der Waals surface area contributed by atoms with Gasteiger partial charge in [0.05, 0.1) is 15.2 Å². The fourth-order valence-electron chi connectivity index (χ4n) is 2.97. The summed E-state index contributed by atoms with van der Waals surface area (Å²) in [5.41, 5.74) is 0. The fraction of sp³-hybridized carbons (Fsp3) is 0.571. The van der Waals surface area contributed by atoms with E-state index in [1.807, 2.05) is 13.8 Å². The first kappa shape index (κ1) is 16.1. The van der Waals surface area contributed by atoms with E-state index in [1.54, 1.807) is 6.07 Å². The highest BCUT2D eigenvalue weighted by Gasteiger charge is 2.41. The molecule has 6 heteroatoms. The maximum absolute atomic E-state index is 12.8. The molecule has 3 unspecified atom stereocenters. The van der Waals surface area contributed by atoms with E-state index >= 15 is 0 Å². The lowest BCUT2D eigenvalue weighted by Crippen LogP contribution is -2.36. The maximum Gasteiger partial charge on any atom is 0.183 e. The van der Waals surface area contributed by atoms with Crippen molar-refractivity contribution in [1.82, 2.24) is 5.32 Å². The monoisotopic (exact) mass is 335 g/mol. The van der Waals surface area contributed by atoms with Crippen LogP contribution >= 0.6 is 23.2 Å². The van der Waals surface area contributed by atoms with Gasteiger partial charge in [-0.05, 0) is 43.5 Å². The van der Waals surface area contributed by atoms with Crippen LogP contribution in [0.1, 0.15) is 26.7 Å². The summed E-state index contributed by atoms with van der Waals surface area (Å²) in [7, 11) is -3.45. The molecule has 1 saturated carbocycles. The van der Waals surface area contributed by atoms with Gasteiger partial charge in [0, 0.05) is 11.1 Å². The molecular weight excluding hydrogens is 317 g/mol. The van der Waals surface area contributed by atoms with E-state index in [2.05, 4.69) is 5.32 Å². The minimum atomic E-state index is -3.45. The van der Waals surface area contributed by atoms with Gasteiger partial charge in [-0.2, -0.15) is 0 Å². The number of benzene rings is 1. The predicted molar refractivity (Wildman–Crippen MR) is 83.3 cm³/mol. The standard InChI is InChI=1S/C14H19Cl2NO2S/c1-3-17-12-6-7-13(9(12)2)20(18,19)14-8-10(15)4-5-11(14)16/h4-5,8-9,12-13,17H,3,6-7H2,1-2H3. The van der Waals surface area contributed by atoms with Crippen LogP contribution in [-0.2, 0) is 9.84 Å². The predicted octanol–water partition coefficient (Wildman–Crippen LogP) is 3.54. The molecule has 0 heterocycles. The highest BCUT2D eigenvalue weighted by molar-refractivity contribution is 7.92. The van der Waals surface area contributed by atoms with Crippen LogP contribution in [0, 0.1) is 5.92 Å². The molecule has 1 N–H and O–H groups in total. The highest BCUT2D eigenvalue weighted by Crippen LogP contribution is 2.37. The van der Waals surface area contributed by atoms with E-state index in [4.69, 9.17) is 23.2 Å². The Balaban J connectivity index is 2.34. The van der Waals surface area contributed by atoms with Gasteiger partial charge in [-0.15, -0.1) is 0 Å². The molecule has 1 aliphatic rings. The largest absolute Gasteiger partial charge is 0.314 e. The Kier molecular flexibility index (Phi) is 5.00. The molecule has 0 amide bonds. The maximum atomic E-state index is 12.8. The molecule has 2 rings (SSSR count). The minimum Gasteiger partial charge on any atom is -0.314 e. The van der Waals surface area contributed by atoms with E-state index in [0.717, 1.165) is 13.0 Å². The highest BCUT2D eigenvalue weighted by atomic mass is 35.5. The molecule has 0 radical (unpaired) electrons. The van der Waals surface area contributed by atoms with Gasteiger partial charge >= 0.3 is 0 Å². The summed E-state index contributed by atoms with van der Waals surface area (Å²) in [5, 5.41) is 3.58. The Morgan fingerprint density at radius 3 is 2.65 bits per heavy atom. The van der Waals surface area contributed by atoms with E-state index in [-0.39, 0.29) is 21.9 Å². The molecule has 3 nitrogen and oxygen atoms in total. The molecule has 1 aromatic rings. The molecule has 0 saturated heterocycles. The number of hydrogen-bond acceptors (Lipinski definition) is 3. The lowest BCUT2D eigenvalue weighted by atomic mass is 10.1. The number of hydrogen-bond donors (Lipinski definition) is 1. The average Bonchev–Trinajstić information content (AvgIpc) is 2.75. The van der Waals surface area contributed by atoms with Crippen LogP contribution in [0.4, 0.5) is 0 Å². The van der Waals surface area contributed by atoms with E-state index in [0.29, 0.717) is 11.4 Å². The lowest BCUT2D eigenvalue weighted by Gasteiger charge is -2.22. The zero-order valence-electron chi connectivity index (χ0n) is 11.6. The molecule has 112 valence electrons. The van der Waals surface area contributed by atoms with Gasteiger partial charge in [-0.3, -0.25) is 0 Å². The summed E-state index contributed by atoms with van der Waals surface area (Å²) in [6.07, 6.45) is 1.53. The van der Waals surface area contributed by atoms with Crippen LogP contribution in [0.25, 0.3) is 0 Å². The Bertz CT molecular complexity index is 589. The van der Waals surface area contributed by atoms with E-state index in [9.17, 15) is 8.42 Å². The SMILES string of the molecule is CCNC1CCC(S(=O)(=O)c2cc(Cl)ccc2Cl)C1C. The second-order valence-electron chi connectivity index (χ2n) is 5.26. The van der Waals surface area contributed by atoms with Gasteiger partial charge < -0.3 is 5.32 Å². The summed E-state index contributed by atoms with van der Waals surface area (Å²) in [4.78, 5) is 0.153. The van der Waals surface area contributed by atoms with Crippen LogP contribution in [0.5, 0.6) is 0 Å². The summed E-state index contributed by atoms with van der Waals surface area (Å²) in [6, 6.07) is 4.84. The Morgan fingerprint density at radius 1 is 1.30 bits per heavy atom. The van der Waals surface area contributed by atoms with Crippen molar-refractivity contribution in [3.8, 4) is 0 Å². The molecule has 3 atom stereocenters. The van der Waals surface area contributed by atoms with Crippen molar-refractivity contribution in [3.63, 3.8) is 0 Å². The second-order valence-corrected chi connectivity index (χ2v) is 8.24. The van der Waals surface area contributed by atoms with Gasteiger partial charge in [-0.25, -0.2) is 8.42 Å². The number of sulfone groups is 1. The van der Waals surface area contributed by atoms with Gasteiger partial charge in [-0.1, -0.05) is 37.0 Å². The molecule has 0 spiro atoms. The first-order valence-corrected chi connectivity index (χ1v) is 9.10. The minimum absolute atomic E-state index is 0.0648. The van der Waals surface area contributed by atoms with Gasteiger partial charge in [0.25, 0.3) is 0 Å². The number of rotatable bonds is 4. The Morgan fingerprint density at radius 2 is 2.00 bits per heavy atom. The smallest absolute Gasteiger partial charge is 0.183 e. The van der Waals surface area contributed by atoms with Crippen molar-refractivity contribution in [1.29, 1.82) is 0 Å². The van der Waals surface area contributed by atoms with Crippen LogP contribution < -0.4 is 5.32 Å². The van der Waals surface area contributed by atoms with E-state index in [1.165, 1.54) is 12.1 Å². The molecule has 0 aliphatic heterocycles. The van der Waals surface area contributed by atoms with Gasteiger partial charge in [0.15, 0.2) is 9.84 Å². The second kappa shape index (κ2) is 6.22. The molecule has 0 aromatic heterocycles. The third-order valence-corrected chi connectivity index (χ3v) is 7.14. The topological polar surface area (TPSA) is 46.2 Å². The average molecular weight is 336 g/mol. The lowest BCUT2D eigenvalue weighted by molar-refractivity contribution is 0.433. The molecule has 1 fully saturated rings. The van der Waals surface area contributed by atoms with Crippen molar-refractivity contribution in [2.24, 2.45) is 5.92 Å². The van der Waals surface area contributed by atoms with Crippen molar-refractivity contribution >= 4 is 33.0 Å². The summed E-state index contributed by atoms with van der Waals surface area (Å²) >= 11 is 12.0. The Labute approximate surface area is 130 Å².